The van der Waals surface area contributed by atoms with Crippen molar-refractivity contribution in [1.29, 1.82) is 5.41 Å². The van der Waals surface area contributed by atoms with Crippen LogP contribution in [0, 0.1) is 5.41 Å². The van der Waals surface area contributed by atoms with E-state index in [-0.39, 0.29) is 24.3 Å². The highest BCUT2D eigenvalue weighted by Crippen LogP contribution is 2.27. The molecular formula is C20H29ClN6O2. The Morgan fingerprint density at radius 3 is 2.76 bits per heavy atom. The van der Waals surface area contributed by atoms with Gasteiger partial charge in [0.1, 0.15) is 6.61 Å². The molecule has 9 heteroatoms. The van der Waals surface area contributed by atoms with E-state index in [0.29, 0.717) is 24.9 Å². The summed E-state index contributed by atoms with van der Waals surface area (Å²) in [5.74, 6) is 1.36. The van der Waals surface area contributed by atoms with E-state index in [4.69, 9.17) is 20.5 Å². The zero-order valence-electron chi connectivity index (χ0n) is 16.9. The van der Waals surface area contributed by atoms with Gasteiger partial charge in [0.25, 0.3) is 0 Å². The van der Waals surface area contributed by atoms with E-state index in [2.05, 4.69) is 22.2 Å². The van der Waals surface area contributed by atoms with Crippen LogP contribution in [-0.2, 0) is 4.84 Å². The lowest BCUT2D eigenvalue weighted by atomic mass is 10.1. The first-order valence-corrected chi connectivity index (χ1v) is 9.78. The maximum absolute atomic E-state index is 7.53. The fraction of sp³-hybridized carbons (Fsp3) is 0.500. The number of hydrogen-bond donors (Lipinski definition) is 2. The number of unbranched alkanes of at least 4 members (excludes halogenated alkanes) is 2. The summed E-state index contributed by atoms with van der Waals surface area (Å²) in [5.41, 5.74) is 8.27. The average Bonchev–Trinajstić information content (AvgIpc) is 3.37. The second-order valence-electron chi connectivity index (χ2n) is 7.07. The van der Waals surface area contributed by atoms with Gasteiger partial charge in [-0.3, -0.25) is 5.41 Å². The normalized spacial score (nSPS) is 16.6. The zero-order valence-corrected chi connectivity index (χ0v) is 17.7. The number of oxime groups is 1. The van der Waals surface area contributed by atoms with E-state index >= 15 is 0 Å². The van der Waals surface area contributed by atoms with Crippen molar-refractivity contribution in [2.45, 2.75) is 45.4 Å². The minimum atomic E-state index is 0. The van der Waals surface area contributed by atoms with Crippen molar-refractivity contribution < 1.29 is 9.36 Å². The summed E-state index contributed by atoms with van der Waals surface area (Å²) < 4.78 is 5.45. The smallest absolute Gasteiger partial charge is 0.231 e. The number of likely N-dealkylation sites (tertiary alicyclic amines) is 1. The highest BCUT2D eigenvalue weighted by molar-refractivity contribution is 5.98. The predicted molar refractivity (Wildman–Crippen MR) is 116 cm³/mol. The maximum atomic E-state index is 7.53. The molecule has 1 aliphatic rings. The summed E-state index contributed by atoms with van der Waals surface area (Å²) in [6.45, 7) is 6.13. The van der Waals surface area contributed by atoms with Crippen LogP contribution in [0.3, 0.4) is 0 Å². The molecule has 0 radical (unpaired) electrons. The van der Waals surface area contributed by atoms with Crippen molar-refractivity contribution in [1.82, 2.24) is 15.0 Å². The van der Waals surface area contributed by atoms with Crippen LogP contribution in [0.4, 0.5) is 0 Å². The molecular weight excluding hydrogens is 392 g/mol. The minimum absolute atomic E-state index is 0. The van der Waals surface area contributed by atoms with Crippen molar-refractivity contribution in [2.75, 3.05) is 19.7 Å². The maximum Gasteiger partial charge on any atom is 0.231 e. The van der Waals surface area contributed by atoms with Crippen LogP contribution < -0.4 is 5.73 Å². The van der Waals surface area contributed by atoms with Gasteiger partial charge in [-0.25, -0.2) is 0 Å². The Labute approximate surface area is 177 Å². The minimum Gasteiger partial charge on any atom is -0.396 e. The Balaban J connectivity index is 0.00000300. The number of rotatable bonds is 8. The molecule has 2 heterocycles. The van der Waals surface area contributed by atoms with Gasteiger partial charge in [0.2, 0.25) is 11.7 Å². The quantitative estimate of drug-likeness (QED) is 0.291. The van der Waals surface area contributed by atoms with Crippen molar-refractivity contribution in [2.24, 2.45) is 10.9 Å². The summed E-state index contributed by atoms with van der Waals surface area (Å²) in [4.78, 5) is 11.7. The molecule has 0 unspecified atom stereocenters. The standard InChI is InChI=1S/C20H28N6O2.ClH/c1-3-4-5-12-27-24-14(2)15-6-8-16(9-7-15)18-23-19(28-25-18)17-10-11-26(13-17)20(21)22;/h6-9,17H,3-5,10-13H2,1-2H3,(H3,21,22);1H/t17-;/m1./s1. The lowest BCUT2D eigenvalue weighted by molar-refractivity contribution is 0.140. The molecule has 8 nitrogen and oxygen atoms in total. The van der Waals surface area contributed by atoms with Crippen LogP contribution in [-0.4, -0.2) is 46.4 Å². The van der Waals surface area contributed by atoms with E-state index in [9.17, 15) is 0 Å². The molecule has 0 amide bonds. The van der Waals surface area contributed by atoms with Gasteiger partial charge >= 0.3 is 0 Å². The van der Waals surface area contributed by atoms with Crippen LogP contribution in [0.1, 0.15) is 56.9 Å². The molecule has 2 aromatic rings. The Hall–Kier alpha value is -2.61. The van der Waals surface area contributed by atoms with Crippen LogP contribution in [0.2, 0.25) is 0 Å². The van der Waals surface area contributed by atoms with Crippen LogP contribution in [0.25, 0.3) is 11.4 Å². The summed E-state index contributed by atoms with van der Waals surface area (Å²) in [7, 11) is 0. The van der Waals surface area contributed by atoms with Gasteiger partial charge in [0, 0.05) is 18.7 Å². The molecule has 1 saturated heterocycles. The van der Waals surface area contributed by atoms with Crippen molar-refractivity contribution in [3.8, 4) is 11.4 Å². The largest absolute Gasteiger partial charge is 0.396 e. The Morgan fingerprint density at radius 1 is 1.34 bits per heavy atom. The van der Waals surface area contributed by atoms with Crippen LogP contribution in [0.15, 0.2) is 33.9 Å². The van der Waals surface area contributed by atoms with Gasteiger partial charge in [0.05, 0.1) is 11.6 Å². The first-order chi connectivity index (χ1) is 13.6. The molecule has 1 aromatic carbocycles. The third-order valence-corrected chi connectivity index (χ3v) is 4.92. The summed E-state index contributed by atoms with van der Waals surface area (Å²) >= 11 is 0. The van der Waals surface area contributed by atoms with Crippen LogP contribution in [0.5, 0.6) is 0 Å². The van der Waals surface area contributed by atoms with Gasteiger partial charge in [0.15, 0.2) is 5.96 Å². The van der Waals surface area contributed by atoms with E-state index in [0.717, 1.165) is 42.6 Å². The van der Waals surface area contributed by atoms with Crippen molar-refractivity contribution in [3.63, 3.8) is 0 Å². The summed E-state index contributed by atoms with van der Waals surface area (Å²) in [6, 6.07) is 7.87. The topological polar surface area (TPSA) is 114 Å². The number of aromatic nitrogens is 2. The molecule has 29 heavy (non-hydrogen) atoms. The van der Waals surface area contributed by atoms with E-state index in [1.165, 1.54) is 6.42 Å². The molecule has 1 aromatic heterocycles. The van der Waals surface area contributed by atoms with E-state index < -0.39 is 0 Å². The molecule has 3 N–H and O–H groups in total. The van der Waals surface area contributed by atoms with Crippen molar-refractivity contribution >= 4 is 24.1 Å². The molecule has 1 aliphatic heterocycles. The highest BCUT2D eigenvalue weighted by Gasteiger charge is 2.29. The molecule has 3 rings (SSSR count). The molecule has 0 saturated carbocycles. The third kappa shape index (κ3) is 5.93. The van der Waals surface area contributed by atoms with Crippen molar-refractivity contribution in [3.05, 3.63) is 35.7 Å². The Bertz CT molecular complexity index is 821. The van der Waals surface area contributed by atoms with Gasteiger partial charge < -0.3 is 20.0 Å². The lowest BCUT2D eigenvalue weighted by Crippen LogP contribution is -2.34. The molecule has 158 valence electrons. The Morgan fingerprint density at radius 2 is 2.10 bits per heavy atom. The molecule has 0 aliphatic carbocycles. The Kier molecular flexibility index (Phi) is 8.45. The van der Waals surface area contributed by atoms with E-state index in [1.807, 2.05) is 36.1 Å². The number of halogens is 1. The van der Waals surface area contributed by atoms with Gasteiger partial charge in [-0.2, -0.15) is 4.98 Å². The van der Waals surface area contributed by atoms with Gasteiger partial charge in [-0.05, 0) is 25.3 Å². The summed E-state index contributed by atoms with van der Waals surface area (Å²) in [6.07, 6.45) is 4.20. The van der Waals surface area contributed by atoms with Gasteiger partial charge in [-0.1, -0.05) is 54.3 Å². The third-order valence-electron chi connectivity index (χ3n) is 4.92. The molecule has 1 atom stereocenters. The number of guanidine groups is 1. The number of benzene rings is 1. The second kappa shape index (κ2) is 10.8. The molecule has 1 fully saturated rings. The monoisotopic (exact) mass is 420 g/mol. The molecule has 0 bridgehead atoms. The average molecular weight is 421 g/mol. The number of nitrogens with one attached hydrogen (secondary N) is 1. The highest BCUT2D eigenvalue weighted by atomic mass is 35.5. The molecule has 0 spiro atoms. The predicted octanol–water partition coefficient (Wildman–Crippen LogP) is 3.77. The van der Waals surface area contributed by atoms with Gasteiger partial charge in [-0.15, -0.1) is 12.4 Å². The fourth-order valence-electron chi connectivity index (χ4n) is 3.17. The number of nitrogens with two attached hydrogens (primary N) is 1. The SMILES string of the molecule is CCCCCON=C(C)c1ccc(-c2noc([C@@H]3CCN(C(=N)N)C3)n2)cc1.Cl. The second-order valence-corrected chi connectivity index (χ2v) is 7.07. The van der Waals surface area contributed by atoms with E-state index in [1.54, 1.807) is 0 Å². The zero-order chi connectivity index (χ0) is 19.9. The lowest BCUT2D eigenvalue weighted by Gasteiger charge is -2.14. The van der Waals surface area contributed by atoms with Crippen LogP contribution >= 0.6 is 12.4 Å². The first kappa shape index (κ1) is 22.7. The number of hydrogen-bond acceptors (Lipinski definition) is 6. The first-order valence-electron chi connectivity index (χ1n) is 9.78. The number of nitrogens with zero attached hydrogens (tertiary/aromatic N) is 4. The summed E-state index contributed by atoms with van der Waals surface area (Å²) in [5, 5.41) is 15.8. The fourth-order valence-corrected chi connectivity index (χ4v) is 3.17.